The zero-order valence-electron chi connectivity index (χ0n) is 22.7. The first-order chi connectivity index (χ1) is 19.7. The van der Waals surface area contributed by atoms with Gasteiger partial charge in [-0.1, -0.05) is 12.1 Å². The Balaban J connectivity index is 1.20. The topological polar surface area (TPSA) is 118 Å². The lowest BCUT2D eigenvalue weighted by molar-refractivity contribution is 0.0949. The van der Waals surface area contributed by atoms with Crippen molar-refractivity contribution in [2.24, 2.45) is 0 Å². The van der Waals surface area contributed by atoms with Crippen LogP contribution in [0.1, 0.15) is 38.4 Å². The summed E-state index contributed by atoms with van der Waals surface area (Å²) in [7, 11) is 0.185. The third-order valence-electron chi connectivity index (χ3n) is 6.55. The van der Waals surface area contributed by atoms with Gasteiger partial charge in [0.05, 0.1) is 34.2 Å². The standard InChI is InChI=1S/C30H30N4O5S2/c1-34(2)15-5-6-16-39-22-12-9-20(10-13-22)30-32-19-23(40-30)18-31-28(35)21-11-14-27-25(17-21)33-29(36)24-7-3-4-8-26(24)41(27,37)38/h3-4,7-14,17,19H,5-6,15-16,18H2,1-2H3,(H,31,35)(H,33,36). The SMILES string of the molecule is CN(C)CCCCOc1ccc(-c2ncc(CNC(=O)c3ccc4c(c3)NC(=O)c3ccccc3S4(=O)=O)s2)cc1. The molecule has 0 aliphatic carbocycles. The molecule has 41 heavy (non-hydrogen) atoms. The Kier molecular flexibility index (Phi) is 8.48. The Bertz CT molecular complexity index is 1680. The number of benzene rings is 3. The van der Waals surface area contributed by atoms with Crippen molar-refractivity contribution >= 4 is 38.7 Å². The van der Waals surface area contributed by atoms with Crippen molar-refractivity contribution in [2.75, 3.05) is 32.6 Å². The maximum Gasteiger partial charge on any atom is 0.257 e. The van der Waals surface area contributed by atoms with Crippen LogP contribution in [0.25, 0.3) is 10.6 Å². The van der Waals surface area contributed by atoms with Crippen LogP contribution in [0.5, 0.6) is 5.75 Å². The molecule has 4 aromatic rings. The van der Waals surface area contributed by atoms with Crippen molar-refractivity contribution in [3.05, 3.63) is 88.9 Å². The van der Waals surface area contributed by atoms with E-state index in [1.165, 1.54) is 41.7 Å². The van der Waals surface area contributed by atoms with Crippen LogP contribution < -0.4 is 15.4 Å². The lowest BCUT2D eigenvalue weighted by Gasteiger charge is -2.10. The molecular formula is C30H30N4O5S2. The van der Waals surface area contributed by atoms with Gasteiger partial charge in [0, 0.05) is 22.2 Å². The molecule has 2 N–H and O–H groups in total. The number of hydrogen-bond acceptors (Lipinski definition) is 8. The van der Waals surface area contributed by atoms with E-state index in [1.54, 1.807) is 18.3 Å². The van der Waals surface area contributed by atoms with Gasteiger partial charge in [0.2, 0.25) is 9.84 Å². The molecule has 0 unspecified atom stereocenters. The van der Waals surface area contributed by atoms with Crippen LogP contribution >= 0.6 is 11.3 Å². The molecule has 0 bridgehead atoms. The first kappa shape index (κ1) is 28.5. The number of ether oxygens (including phenoxy) is 1. The molecule has 9 nitrogen and oxygen atoms in total. The molecule has 0 saturated carbocycles. The van der Waals surface area contributed by atoms with Gasteiger partial charge >= 0.3 is 0 Å². The van der Waals surface area contributed by atoms with Crippen molar-refractivity contribution in [2.45, 2.75) is 29.2 Å². The van der Waals surface area contributed by atoms with E-state index in [0.29, 0.717) is 6.61 Å². The van der Waals surface area contributed by atoms with E-state index >= 15 is 0 Å². The number of thiazole rings is 1. The fraction of sp³-hybridized carbons (Fsp3) is 0.233. The van der Waals surface area contributed by atoms with Crippen molar-refractivity contribution in [3.63, 3.8) is 0 Å². The van der Waals surface area contributed by atoms with E-state index in [9.17, 15) is 18.0 Å². The van der Waals surface area contributed by atoms with E-state index in [1.807, 2.05) is 24.3 Å². The van der Waals surface area contributed by atoms with Crippen LogP contribution in [-0.2, 0) is 16.4 Å². The van der Waals surface area contributed by atoms with Crippen molar-refractivity contribution < 1.29 is 22.7 Å². The molecule has 11 heteroatoms. The lowest BCUT2D eigenvalue weighted by Crippen LogP contribution is -2.22. The van der Waals surface area contributed by atoms with E-state index in [0.717, 1.165) is 40.6 Å². The Morgan fingerprint density at radius 3 is 2.59 bits per heavy atom. The first-order valence-electron chi connectivity index (χ1n) is 13.1. The maximum atomic E-state index is 13.2. The van der Waals surface area contributed by atoms with Gasteiger partial charge in [-0.15, -0.1) is 11.3 Å². The molecule has 0 fully saturated rings. The summed E-state index contributed by atoms with van der Waals surface area (Å²) < 4.78 is 32.2. The van der Waals surface area contributed by atoms with Gasteiger partial charge < -0.3 is 20.3 Å². The molecule has 5 rings (SSSR count). The zero-order valence-corrected chi connectivity index (χ0v) is 24.3. The highest BCUT2D eigenvalue weighted by atomic mass is 32.2. The zero-order chi connectivity index (χ0) is 29.0. The Labute approximate surface area is 243 Å². The number of hydrogen-bond donors (Lipinski definition) is 2. The highest BCUT2D eigenvalue weighted by Gasteiger charge is 2.31. The number of carbonyl (C=O) groups is 2. The van der Waals surface area contributed by atoms with Crippen LogP contribution in [0.15, 0.2) is 82.7 Å². The monoisotopic (exact) mass is 590 g/mol. The summed E-state index contributed by atoms with van der Waals surface area (Å²) in [6.45, 7) is 1.96. The van der Waals surface area contributed by atoms with E-state index in [4.69, 9.17) is 4.74 Å². The lowest BCUT2D eigenvalue weighted by atomic mass is 10.1. The molecule has 1 aliphatic heterocycles. The first-order valence-corrected chi connectivity index (χ1v) is 15.4. The van der Waals surface area contributed by atoms with Gasteiger partial charge in [0.15, 0.2) is 0 Å². The third kappa shape index (κ3) is 6.48. The number of nitrogens with zero attached hydrogens (tertiary/aromatic N) is 2. The molecule has 212 valence electrons. The van der Waals surface area contributed by atoms with Crippen LogP contribution in [0, 0.1) is 0 Å². The Morgan fingerprint density at radius 1 is 1.02 bits per heavy atom. The summed E-state index contributed by atoms with van der Waals surface area (Å²) >= 11 is 1.47. The van der Waals surface area contributed by atoms with Gasteiger partial charge in [-0.2, -0.15) is 0 Å². The molecule has 0 radical (unpaired) electrons. The van der Waals surface area contributed by atoms with Crippen molar-refractivity contribution in [3.8, 4) is 16.3 Å². The van der Waals surface area contributed by atoms with E-state index in [2.05, 4.69) is 34.6 Å². The highest BCUT2D eigenvalue weighted by molar-refractivity contribution is 7.91. The van der Waals surface area contributed by atoms with Gasteiger partial charge in [0.25, 0.3) is 11.8 Å². The largest absolute Gasteiger partial charge is 0.494 e. The van der Waals surface area contributed by atoms with Crippen molar-refractivity contribution in [1.82, 2.24) is 15.2 Å². The Morgan fingerprint density at radius 2 is 1.80 bits per heavy atom. The summed E-state index contributed by atoms with van der Waals surface area (Å²) in [5.41, 5.74) is 1.32. The molecule has 0 atom stereocenters. The molecule has 0 saturated heterocycles. The van der Waals surface area contributed by atoms with Crippen LogP contribution in [-0.4, -0.2) is 57.4 Å². The van der Waals surface area contributed by atoms with Gasteiger partial charge in [-0.05, 0) is 88.1 Å². The van der Waals surface area contributed by atoms with Crippen LogP contribution in [0.4, 0.5) is 5.69 Å². The average Bonchev–Trinajstić information content (AvgIpc) is 3.42. The van der Waals surface area contributed by atoms with Gasteiger partial charge in [0.1, 0.15) is 10.8 Å². The molecule has 0 spiro atoms. The summed E-state index contributed by atoms with van der Waals surface area (Å²) in [6.07, 6.45) is 3.80. The highest BCUT2D eigenvalue weighted by Crippen LogP contribution is 2.34. The second-order valence-corrected chi connectivity index (χ2v) is 12.9. The Hall–Kier alpha value is -4.06. The number of rotatable bonds is 10. The molecular weight excluding hydrogens is 560 g/mol. The summed E-state index contributed by atoms with van der Waals surface area (Å²) in [5.74, 6) is -0.128. The second kappa shape index (κ2) is 12.2. The maximum absolute atomic E-state index is 13.2. The second-order valence-electron chi connectivity index (χ2n) is 9.86. The molecule has 1 aromatic heterocycles. The summed E-state index contributed by atoms with van der Waals surface area (Å²) in [5, 5.41) is 6.30. The smallest absolute Gasteiger partial charge is 0.257 e. The summed E-state index contributed by atoms with van der Waals surface area (Å²) in [4.78, 5) is 33.0. The van der Waals surface area contributed by atoms with Gasteiger partial charge in [-0.3, -0.25) is 9.59 Å². The quantitative estimate of drug-likeness (QED) is 0.253. The minimum Gasteiger partial charge on any atom is -0.494 e. The third-order valence-corrected chi connectivity index (χ3v) is 9.46. The number of amides is 2. The minimum absolute atomic E-state index is 0.0554. The minimum atomic E-state index is -3.94. The number of sulfone groups is 1. The van der Waals surface area contributed by atoms with E-state index < -0.39 is 21.7 Å². The molecule has 2 heterocycles. The van der Waals surface area contributed by atoms with Crippen molar-refractivity contribution in [1.29, 1.82) is 0 Å². The number of nitrogens with one attached hydrogen (secondary N) is 2. The molecule has 2 amide bonds. The van der Waals surface area contributed by atoms with Crippen LogP contribution in [0.2, 0.25) is 0 Å². The average molecular weight is 591 g/mol. The number of carbonyl (C=O) groups excluding carboxylic acids is 2. The number of anilines is 1. The normalized spacial score (nSPS) is 13.6. The fourth-order valence-corrected chi connectivity index (χ4v) is 6.85. The summed E-state index contributed by atoms with van der Waals surface area (Å²) in [6, 6.07) is 18.0. The molecule has 3 aromatic carbocycles. The number of unbranched alkanes of at least 4 members (excludes halogenated alkanes) is 1. The number of fused-ring (bicyclic) bond motifs is 2. The number of aromatic nitrogens is 1. The van der Waals surface area contributed by atoms with Gasteiger partial charge in [-0.25, -0.2) is 13.4 Å². The fourth-order valence-electron chi connectivity index (χ4n) is 4.41. The van der Waals surface area contributed by atoms with Crippen LogP contribution in [0.3, 0.4) is 0 Å². The molecule has 1 aliphatic rings. The predicted molar refractivity (Wildman–Crippen MR) is 158 cm³/mol. The predicted octanol–water partition coefficient (Wildman–Crippen LogP) is 4.86. The van der Waals surface area contributed by atoms with E-state index in [-0.39, 0.29) is 33.2 Å².